The van der Waals surface area contributed by atoms with E-state index in [1.165, 1.54) is 6.07 Å². The van der Waals surface area contributed by atoms with Crippen molar-refractivity contribution in [2.45, 2.75) is 37.8 Å². The molecule has 1 N–H and O–H groups in total. The molecule has 112 valence electrons. The number of hydrogen-bond donors (Lipinski definition) is 1. The Kier molecular flexibility index (Phi) is 5.52. The van der Waals surface area contributed by atoms with Gasteiger partial charge in [0.05, 0.1) is 5.60 Å². The SMILES string of the molecule is CCOC1(C(Cc2cccc(F)c2)NC)CCOCC1. The van der Waals surface area contributed by atoms with Crippen LogP contribution in [0.4, 0.5) is 4.39 Å². The fourth-order valence-corrected chi connectivity index (χ4v) is 3.05. The Morgan fingerprint density at radius 2 is 2.15 bits per heavy atom. The van der Waals surface area contributed by atoms with E-state index in [0.29, 0.717) is 6.61 Å². The molecule has 1 fully saturated rings. The average molecular weight is 281 g/mol. The number of hydrogen-bond acceptors (Lipinski definition) is 3. The third kappa shape index (κ3) is 3.57. The van der Waals surface area contributed by atoms with Crippen LogP contribution < -0.4 is 5.32 Å². The van der Waals surface area contributed by atoms with Gasteiger partial charge in [0, 0.05) is 38.7 Å². The summed E-state index contributed by atoms with van der Waals surface area (Å²) >= 11 is 0. The predicted molar refractivity (Wildman–Crippen MR) is 77.4 cm³/mol. The Hall–Kier alpha value is -0.970. The molecule has 20 heavy (non-hydrogen) atoms. The van der Waals surface area contributed by atoms with Gasteiger partial charge >= 0.3 is 0 Å². The van der Waals surface area contributed by atoms with Gasteiger partial charge in [0.1, 0.15) is 5.82 Å². The second-order valence-corrected chi connectivity index (χ2v) is 5.29. The first-order valence-electron chi connectivity index (χ1n) is 7.33. The molecule has 0 radical (unpaired) electrons. The van der Waals surface area contributed by atoms with Crippen LogP contribution in [0.1, 0.15) is 25.3 Å². The smallest absolute Gasteiger partial charge is 0.123 e. The first-order chi connectivity index (χ1) is 9.70. The van der Waals surface area contributed by atoms with E-state index in [9.17, 15) is 4.39 Å². The molecule has 0 saturated carbocycles. The van der Waals surface area contributed by atoms with Crippen LogP contribution in [0.15, 0.2) is 24.3 Å². The maximum absolute atomic E-state index is 13.3. The van der Waals surface area contributed by atoms with Crippen molar-refractivity contribution in [2.75, 3.05) is 26.9 Å². The van der Waals surface area contributed by atoms with Gasteiger partial charge in [0.2, 0.25) is 0 Å². The Balaban J connectivity index is 2.15. The lowest BCUT2D eigenvalue weighted by Crippen LogP contribution is -2.55. The zero-order valence-electron chi connectivity index (χ0n) is 12.3. The summed E-state index contributed by atoms with van der Waals surface area (Å²) < 4.78 is 24.9. The molecule has 0 aromatic heterocycles. The van der Waals surface area contributed by atoms with Crippen molar-refractivity contribution in [3.8, 4) is 0 Å². The standard InChI is InChI=1S/C16H24FNO2/c1-3-20-16(7-9-19-10-8-16)15(18-2)12-13-5-4-6-14(17)11-13/h4-6,11,15,18H,3,7-10,12H2,1-2H3. The van der Waals surface area contributed by atoms with E-state index in [2.05, 4.69) is 5.32 Å². The first-order valence-corrected chi connectivity index (χ1v) is 7.33. The van der Waals surface area contributed by atoms with E-state index in [1.54, 1.807) is 12.1 Å². The molecule has 1 saturated heterocycles. The maximum atomic E-state index is 13.3. The van der Waals surface area contributed by atoms with Crippen LogP contribution >= 0.6 is 0 Å². The van der Waals surface area contributed by atoms with Crippen LogP contribution in [0.5, 0.6) is 0 Å². The lowest BCUT2D eigenvalue weighted by molar-refractivity contribution is -0.125. The maximum Gasteiger partial charge on any atom is 0.123 e. The molecule has 0 bridgehead atoms. The summed E-state index contributed by atoms with van der Waals surface area (Å²) in [5.41, 5.74) is 0.781. The highest BCUT2D eigenvalue weighted by Gasteiger charge is 2.40. The molecule has 0 aliphatic carbocycles. The van der Waals surface area contributed by atoms with Crippen LogP contribution in [0.2, 0.25) is 0 Å². The number of halogens is 1. The second-order valence-electron chi connectivity index (χ2n) is 5.29. The van der Waals surface area contributed by atoms with E-state index < -0.39 is 0 Å². The molecule has 1 aliphatic rings. The van der Waals surface area contributed by atoms with Crippen molar-refractivity contribution >= 4 is 0 Å². The Morgan fingerprint density at radius 3 is 2.75 bits per heavy atom. The van der Waals surface area contributed by atoms with Crippen molar-refractivity contribution in [3.63, 3.8) is 0 Å². The molecule has 0 spiro atoms. The highest BCUT2D eigenvalue weighted by atomic mass is 19.1. The minimum Gasteiger partial charge on any atom is -0.381 e. The van der Waals surface area contributed by atoms with E-state index in [1.807, 2.05) is 20.0 Å². The van der Waals surface area contributed by atoms with Gasteiger partial charge in [-0.05, 0) is 38.1 Å². The second kappa shape index (κ2) is 7.16. The van der Waals surface area contributed by atoms with E-state index in [4.69, 9.17) is 9.47 Å². The van der Waals surface area contributed by atoms with Gasteiger partial charge in [-0.3, -0.25) is 0 Å². The van der Waals surface area contributed by atoms with Crippen molar-refractivity contribution in [2.24, 2.45) is 0 Å². The topological polar surface area (TPSA) is 30.5 Å². The Morgan fingerprint density at radius 1 is 1.40 bits per heavy atom. The number of rotatable bonds is 6. The van der Waals surface area contributed by atoms with Crippen LogP contribution in [0, 0.1) is 5.82 Å². The van der Waals surface area contributed by atoms with Crippen molar-refractivity contribution < 1.29 is 13.9 Å². The molecular weight excluding hydrogens is 257 g/mol. The molecule has 2 rings (SSSR count). The molecule has 4 heteroatoms. The number of ether oxygens (including phenoxy) is 2. The summed E-state index contributed by atoms with van der Waals surface area (Å²) in [4.78, 5) is 0. The first kappa shape index (κ1) is 15.4. The monoisotopic (exact) mass is 281 g/mol. The number of benzene rings is 1. The average Bonchev–Trinajstić information content (AvgIpc) is 2.46. The lowest BCUT2D eigenvalue weighted by Gasteiger charge is -2.43. The fraction of sp³-hybridized carbons (Fsp3) is 0.625. The largest absolute Gasteiger partial charge is 0.381 e. The zero-order chi connectivity index (χ0) is 14.4. The van der Waals surface area contributed by atoms with Gasteiger partial charge in [0.25, 0.3) is 0 Å². The highest BCUT2D eigenvalue weighted by molar-refractivity contribution is 5.18. The van der Waals surface area contributed by atoms with Crippen LogP contribution in [-0.2, 0) is 15.9 Å². The van der Waals surface area contributed by atoms with Gasteiger partial charge in [-0.25, -0.2) is 4.39 Å². The predicted octanol–water partition coefficient (Wildman–Crippen LogP) is 2.54. The summed E-state index contributed by atoms with van der Waals surface area (Å²) in [6.07, 6.45) is 2.51. The number of likely N-dealkylation sites (N-methyl/N-ethyl adjacent to an activating group) is 1. The minimum absolute atomic E-state index is 0.160. The Labute approximate surface area is 120 Å². The van der Waals surface area contributed by atoms with E-state index in [-0.39, 0.29) is 17.5 Å². The van der Waals surface area contributed by atoms with Crippen molar-refractivity contribution in [1.82, 2.24) is 5.32 Å². The summed E-state index contributed by atoms with van der Waals surface area (Å²) in [6.45, 7) is 4.15. The van der Waals surface area contributed by atoms with Gasteiger partial charge in [-0.1, -0.05) is 12.1 Å². The fourth-order valence-electron chi connectivity index (χ4n) is 3.05. The molecule has 1 heterocycles. The molecule has 3 nitrogen and oxygen atoms in total. The van der Waals surface area contributed by atoms with Gasteiger partial charge in [-0.15, -0.1) is 0 Å². The van der Waals surface area contributed by atoms with Crippen LogP contribution in [0.3, 0.4) is 0 Å². The van der Waals surface area contributed by atoms with Gasteiger partial charge in [-0.2, -0.15) is 0 Å². The molecule has 1 aromatic rings. The quantitative estimate of drug-likeness (QED) is 0.869. The molecule has 1 aliphatic heterocycles. The minimum atomic E-state index is -0.214. The summed E-state index contributed by atoms with van der Waals surface area (Å²) in [5, 5.41) is 3.36. The summed E-state index contributed by atoms with van der Waals surface area (Å²) in [7, 11) is 1.94. The Bertz CT molecular complexity index is 413. The van der Waals surface area contributed by atoms with Crippen LogP contribution in [-0.4, -0.2) is 38.5 Å². The zero-order valence-corrected chi connectivity index (χ0v) is 12.3. The van der Waals surface area contributed by atoms with Gasteiger partial charge in [0.15, 0.2) is 0 Å². The van der Waals surface area contributed by atoms with Crippen molar-refractivity contribution in [1.29, 1.82) is 0 Å². The van der Waals surface area contributed by atoms with E-state index >= 15 is 0 Å². The summed E-state index contributed by atoms with van der Waals surface area (Å²) in [6, 6.07) is 6.96. The van der Waals surface area contributed by atoms with Gasteiger partial charge < -0.3 is 14.8 Å². The third-order valence-corrected chi connectivity index (χ3v) is 4.08. The molecule has 0 amide bonds. The number of nitrogens with one attached hydrogen (secondary N) is 1. The van der Waals surface area contributed by atoms with Crippen LogP contribution in [0.25, 0.3) is 0 Å². The highest BCUT2D eigenvalue weighted by Crippen LogP contribution is 2.30. The molecular formula is C16H24FNO2. The normalized spacial score (nSPS) is 19.8. The molecule has 1 unspecified atom stereocenters. The third-order valence-electron chi connectivity index (χ3n) is 4.08. The lowest BCUT2D eigenvalue weighted by atomic mass is 9.82. The summed E-state index contributed by atoms with van der Waals surface area (Å²) in [5.74, 6) is -0.185. The molecule has 1 aromatic carbocycles. The molecule has 1 atom stereocenters. The van der Waals surface area contributed by atoms with Crippen molar-refractivity contribution in [3.05, 3.63) is 35.6 Å². The van der Waals surface area contributed by atoms with E-state index in [0.717, 1.165) is 38.0 Å².